The number of nitrogens with zero attached hydrogens (tertiary/aromatic N) is 2. The molecule has 1 amide bonds. The Hall–Kier alpha value is -1.29. The van der Waals surface area contributed by atoms with Crippen LogP contribution in [0, 0.1) is 11.6 Å². The summed E-state index contributed by atoms with van der Waals surface area (Å²) in [6.45, 7) is 0.0857. The van der Waals surface area contributed by atoms with E-state index < -0.39 is 38.3 Å². The maximum atomic E-state index is 13.7. The molecule has 116 valence electrons. The third kappa shape index (κ3) is 3.49. The molecule has 1 fully saturated rings. The van der Waals surface area contributed by atoms with Gasteiger partial charge in [0.05, 0.1) is 10.6 Å². The summed E-state index contributed by atoms with van der Waals surface area (Å²) in [5.74, 6) is -2.55. The molecule has 0 spiro atoms. The van der Waals surface area contributed by atoms with Crippen LogP contribution in [0.25, 0.3) is 0 Å². The zero-order valence-electron chi connectivity index (χ0n) is 10.7. The van der Waals surface area contributed by atoms with Crippen molar-refractivity contribution in [3.8, 4) is 0 Å². The molecule has 1 saturated heterocycles. The molecule has 1 heterocycles. The fraction of sp³-hybridized carbons (Fsp3) is 0.364. The van der Waals surface area contributed by atoms with Gasteiger partial charge in [-0.15, -0.1) is 0 Å². The van der Waals surface area contributed by atoms with Crippen LogP contribution in [0.4, 0.5) is 8.78 Å². The minimum Gasteiger partial charge on any atom is -0.336 e. The molecule has 1 aliphatic heterocycles. The van der Waals surface area contributed by atoms with Crippen molar-refractivity contribution < 1.29 is 22.0 Å². The van der Waals surface area contributed by atoms with Gasteiger partial charge in [-0.3, -0.25) is 4.79 Å². The van der Waals surface area contributed by atoms with Crippen molar-refractivity contribution in [2.24, 2.45) is 5.14 Å². The summed E-state index contributed by atoms with van der Waals surface area (Å²) in [6.07, 6.45) is 0. The molecule has 1 aromatic rings. The van der Waals surface area contributed by atoms with Crippen molar-refractivity contribution >= 4 is 27.7 Å². The highest BCUT2D eigenvalue weighted by atomic mass is 35.5. The molecule has 0 aromatic heterocycles. The molecule has 0 radical (unpaired) electrons. The number of halogens is 3. The van der Waals surface area contributed by atoms with E-state index in [1.165, 1.54) is 4.90 Å². The van der Waals surface area contributed by atoms with Gasteiger partial charge in [0.2, 0.25) is 0 Å². The van der Waals surface area contributed by atoms with Gasteiger partial charge in [0, 0.05) is 26.2 Å². The van der Waals surface area contributed by atoms with Crippen molar-refractivity contribution in [2.75, 3.05) is 26.2 Å². The van der Waals surface area contributed by atoms with E-state index in [4.69, 9.17) is 16.7 Å². The zero-order valence-corrected chi connectivity index (χ0v) is 12.3. The van der Waals surface area contributed by atoms with Gasteiger partial charge in [0.25, 0.3) is 16.1 Å². The van der Waals surface area contributed by atoms with Crippen LogP contribution in [0.15, 0.2) is 12.1 Å². The summed E-state index contributed by atoms with van der Waals surface area (Å²) in [5.41, 5.74) is -0.444. The van der Waals surface area contributed by atoms with E-state index in [0.717, 1.165) is 16.4 Å². The SMILES string of the molecule is NS(=O)(=O)N1CCN(C(=O)c2cc(F)c(Cl)cc2F)CC1. The highest BCUT2D eigenvalue weighted by Gasteiger charge is 2.28. The van der Waals surface area contributed by atoms with Crippen LogP contribution in [-0.4, -0.2) is 49.7 Å². The van der Waals surface area contributed by atoms with Gasteiger partial charge in [-0.25, -0.2) is 13.9 Å². The lowest BCUT2D eigenvalue weighted by Gasteiger charge is -2.33. The molecule has 6 nitrogen and oxygen atoms in total. The Balaban J connectivity index is 2.14. The number of hydrogen-bond acceptors (Lipinski definition) is 3. The van der Waals surface area contributed by atoms with Gasteiger partial charge in [0.15, 0.2) is 0 Å². The van der Waals surface area contributed by atoms with Gasteiger partial charge in [-0.2, -0.15) is 12.7 Å². The lowest BCUT2D eigenvalue weighted by Crippen LogP contribution is -2.52. The third-order valence-corrected chi connectivity index (χ3v) is 4.50. The fourth-order valence-electron chi connectivity index (χ4n) is 2.00. The molecule has 1 aliphatic rings. The van der Waals surface area contributed by atoms with Crippen LogP contribution in [0.3, 0.4) is 0 Å². The van der Waals surface area contributed by atoms with Crippen LogP contribution in [0.1, 0.15) is 10.4 Å². The first-order valence-corrected chi connectivity index (χ1v) is 7.80. The molecule has 0 aliphatic carbocycles. The highest BCUT2D eigenvalue weighted by molar-refractivity contribution is 7.86. The zero-order chi connectivity index (χ0) is 15.8. The Morgan fingerprint density at radius 2 is 1.71 bits per heavy atom. The van der Waals surface area contributed by atoms with Crippen molar-refractivity contribution in [1.82, 2.24) is 9.21 Å². The number of nitrogens with two attached hydrogens (primary N) is 1. The van der Waals surface area contributed by atoms with E-state index >= 15 is 0 Å². The molecule has 1 aromatic carbocycles. The van der Waals surface area contributed by atoms with Crippen molar-refractivity contribution in [1.29, 1.82) is 0 Å². The number of carbonyl (C=O) groups excluding carboxylic acids is 1. The summed E-state index contributed by atoms with van der Waals surface area (Å²) in [5, 5.41) is 4.56. The summed E-state index contributed by atoms with van der Waals surface area (Å²) >= 11 is 5.42. The smallest absolute Gasteiger partial charge is 0.277 e. The van der Waals surface area contributed by atoms with Gasteiger partial charge >= 0.3 is 0 Å². The number of rotatable bonds is 2. The first-order chi connectivity index (χ1) is 9.70. The van der Waals surface area contributed by atoms with Crippen molar-refractivity contribution in [3.05, 3.63) is 34.4 Å². The van der Waals surface area contributed by atoms with Gasteiger partial charge in [0.1, 0.15) is 11.6 Å². The Labute approximate surface area is 125 Å². The minimum absolute atomic E-state index is 0.00225. The molecule has 21 heavy (non-hydrogen) atoms. The molecule has 10 heteroatoms. The van der Waals surface area contributed by atoms with Crippen molar-refractivity contribution in [3.63, 3.8) is 0 Å². The fourth-order valence-corrected chi connectivity index (χ4v) is 2.83. The number of piperazine rings is 1. The first-order valence-electron chi connectivity index (χ1n) is 5.92. The van der Waals surface area contributed by atoms with Gasteiger partial charge < -0.3 is 4.90 Å². The normalized spacial score (nSPS) is 17.0. The van der Waals surface area contributed by atoms with E-state index in [9.17, 15) is 22.0 Å². The lowest BCUT2D eigenvalue weighted by molar-refractivity contribution is 0.0692. The van der Waals surface area contributed by atoms with E-state index in [0.29, 0.717) is 0 Å². The van der Waals surface area contributed by atoms with E-state index in [2.05, 4.69) is 0 Å². The first kappa shape index (κ1) is 16.1. The second-order valence-electron chi connectivity index (χ2n) is 4.48. The Morgan fingerprint density at radius 1 is 1.14 bits per heavy atom. The molecule has 0 atom stereocenters. The van der Waals surface area contributed by atoms with Gasteiger partial charge in [-0.1, -0.05) is 11.6 Å². The van der Waals surface area contributed by atoms with Crippen LogP contribution >= 0.6 is 11.6 Å². The summed E-state index contributed by atoms with van der Waals surface area (Å²) in [6, 6.07) is 1.46. The third-order valence-electron chi connectivity index (χ3n) is 3.13. The second kappa shape index (κ2) is 5.84. The molecule has 0 saturated carbocycles. The molecule has 2 N–H and O–H groups in total. The Morgan fingerprint density at radius 3 is 2.24 bits per heavy atom. The lowest BCUT2D eigenvalue weighted by atomic mass is 10.1. The van der Waals surface area contributed by atoms with Crippen molar-refractivity contribution in [2.45, 2.75) is 0 Å². The number of hydrogen-bond donors (Lipinski definition) is 1. The van der Waals surface area contributed by atoms with Gasteiger partial charge in [-0.05, 0) is 12.1 Å². The largest absolute Gasteiger partial charge is 0.336 e. The Kier molecular flexibility index (Phi) is 4.47. The van der Waals surface area contributed by atoms with Crippen LogP contribution in [0.5, 0.6) is 0 Å². The predicted molar refractivity (Wildman–Crippen MR) is 72.0 cm³/mol. The number of amides is 1. The summed E-state index contributed by atoms with van der Waals surface area (Å²) in [4.78, 5) is 13.3. The predicted octanol–water partition coefficient (Wildman–Crippen LogP) is 0.580. The van der Waals surface area contributed by atoms with Crippen LogP contribution in [-0.2, 0) is 10.2 Å². The molecule has 2 rings (SSSR count). The standard InChI is InChI=1S/C11H12ClF2N3O3S/c12-8-6-9(13)7(5-10(8)14)11(18)16-1-3-17(4-2-16)21(15,19)20/h5-6H,1-4H2,(H2,15,19,20). The summed E-state index contributed by atoms with van der Waals surface area (Å²) < 4.78 is 50.3. The Bertz CT molecular complexity index is 676. The molecule has 0 bridgehead atoms. The minimum atomic E-state index is -3.82. The average molecular weight is 340 g/mol. The maximum absolute atomic E-state index is 13.7. The quantitative estimate of drug-likeness (QED) is 0.800. The molecule has 0 unspecified atom stereocenters. The molecular formula is C11H12ClF2N3O3S. The molecular weight excluding hydrogens is 328 g/mol. The maximum Gasteiger partial charge on any atom is 0.277 e. The van der Waals surface area contributed by atoms with E-state index in [-0.39, 0.29) is 26.2 Å². The van der Waals surface area contributed by atoms with Crippen LogP contribution in [0.2, 0.25) is 5.02 Å². The average Bonchev–Trinajstić information content (AvgIpc) is 2.41. The monoisotopic (exact) mass is 339 g/mol. The summed E-state index contributed by atoms with van der Waals surface area (Å²) in [7, 11) is -3.82. The van der Waals surface area contributed by atoms with Crippen LogP contribution < -0.4 is 5.14 Å². The number of carbonyl (C=O) groups is 1. The number of benzene rings is 1. The topological polar surface area (TPSA) is 83.7 Å². The van der Waals surface area contributed by atoms with E-state index in [1.54, 1.807) is 0 Å². The van der Waals surface area contributed by atoms with E-state index in [1.807, 2.05) is 0 Å². The second-order valence-corrected chi connectivity index (χ2v) is 6.44. The highest BCUT2D eigenvalue weighted by Crippen LogP contribution is 2.21.